The predicted octanol–water partition coefficient (Wildman–Crippen LogP) is 5.67. The van der Waals surface area contributed by atoms with E-state index in [0.29, 0.717) is 17.0 Å². The molecule has 194 valence electrons. The molecule has 3 aromatic heterocycles. The van der Waals surface area contributed by atoms with Crippen molar-refractivity contribution in [2.45, 2.75) is 84.8 Å². The van der Waals surface area contributed by atoms with Crippen LogP contribution in [-0.4, -0.2) is 24.3 Å². The van der Waals surface area contributed by atoms with Gasteiger partial charge in [-0.25, -0.2) is 14.3 Å². The van der Waals surface area contributed by atoms with Crippen LogP contribution < -0.4 is 16.2 Å². The molecule has 0 fully saturated rings. The highest BCUT2D eigenvalue weighted by atomic mass is 16.1. The molecule has 4 aromatic rings. The standard InChI is InChI=1S/C29H37N7O/c1-17(2)35-25(37)20-16-31-26(32-18-10-11-21-22(14-18)29(8,9)34-28(21,6)7)33-24(20)36(35)19-12-13-30-23(15-19)27(3,4)5/h10-17,34H,1-9H3,(H,31,32,33). The van der Waals surface area contributed by atoms with Crippen LogP contribution in [0.1, 0.15) is 85.2 Å². The topological polar surface area (TPSA) is 89.7 Å². The van der Waals surface area contributed by atoms with Gasteiger partial charge in [0.05, 0.1) is 5.69 Å². The summed E-state index contributed by atoms with van der Waals surface area (Å²) in [5.74, 6) is 0.440. The van der Waals surface area contributed by atoms with Crippen LogP contribution in [0.25, 0.3) is 16.7 Å². The molecule has 37 heavy (non-hydrogen) atoms. The second-order valence-corrected chi connectivity index (χ2v) is 12.4. The Kier molecular flexibility index (Phi) is 5.60. The molecule has 0 unspecified atom stereocenters. The van der Waals surface area contributed by atoms with E-state index in [1.165, 1.54) is 11.1 Å². The lowest BCUT2D eigenvalue weighted by molar-refractivity contribution is 0.319. The van der Waals surface area contributed by atoms with Crippen molar-refractivity contribution in [3.05, 3.63) is 69.9 Å². The average molecular weight is 500 g/mol. The maximum Gasteiger partial charge on any atom is 0.278 e. The van der Waals surface area contributed by atoms with E-state index >= 15 is 0 Å². The van der Waals surface area contributed by atoms with Gasteiger partial charge in [-0.05, 0) is 76.9 Å². The Balaban J connectivity index is 1.63. The van der Waals surface area contributed by atoms with Crippen LogP contribution in [0, 0.1) is 0 Å². The van der Waals surface area contributed by atoms with Crippen molar-refractivity contribution in [2.24, 2.45) is 0 Å². The minimum Gasteiger partial charge on any atom is -0.324 e. The quantitative estimate of drug-likeness (QED) is 0.376. The van der Waals surface area contributed by atoms with E-state index in [4.69, 9.17) is 4.98 Å². The summed E-state index contributed by atoms with van der Waals surface area (Å²) in [7, 11) is 0. The summed E-state index contributed by atoms with van der Waals surface area (Å²) in [4.78, 5) is 27.3. The minimum atomic E-state index is -0.150. The van der Waals surface area contributed by atoms with Gasteiger partial charge in [-0.2, -0.15) is 4.98 Å². The van der Waals surface area contributed by atoms with Crippen molar-refractivity contribution < 1.29 is 0 Å². The third-order valence-corrected chi connectivity index (χ3v) is 7.12. The summed E-state index contributed by atoms with van der Waals surface area (Å²) >= 11 is 0. The summed E-state index contributed by atoms with van der Waals surface area (Å²) in [6.07, 6.45) is 3.41. The number of rotatable bonds is 4. The lowest BCUT2D eigenvalue weighted by Gasteiger charge is -2.25. The Morgan fingerprint density at radius 2 is 1.68 bits per heavy atom. The zero-order chi connectivity index (χ0) is 26.9. The molecule has 0 spiro atoms. The van der Waals surface area contributed by atoms with Gasteiger partial charge in [0.1, 0.15) is 5.39 Å². The zero-order valence-electron chi connectivity index (χ0n) is 23.3. The van der Waals surface area contributed by atoms with Gasteiger partial charge in [0.25, 0.3) is 5.56 Å². The highest BCUT2D eigenvalue weighted by molar-refractivity contribution is 5.77. The number of fused-ring (bicyclic) bond motifs is 2. The molecule has 0 atom stereocenters. The molecule has 0 bridgehead atoms. The fraction of sp³-hybridized carbons (Fsp3) is 0.448. The molecule has 0 saturated heterocycles. The number of benzene rings is 1. The first-order valence-corrected chi connectivity index (χ1v) is 12.9. The molecule has 8 nitrogen and oxygen atoms in total. The van der Waals surface area contributed by atoms with Crippen LogP contribution in [-0.2, 0) is 16.5 Å². The molecular formula is C29H37N7O. The van der Waals surface area contributed by atoms with E-state index < -0.39 is 0 Å². The van der Waals surface area contributed by atoms with Crippen LogP contribution in [0.15, 0.2) is 47.5 Å². The van der Waals surface area contributed by atoms with Crippen molar-refractivity contribution in [3.8, 4) is 5.69 Å². The van der Waals surface area contributed by atoms with E-state index in [1.807, 2.05) is 30.7 Å². The van der Waals surface area contributed by atoms with Crippen molar-refractivity contribution in [1.82, 2.24) is 29.6 Å². The molecule has 4 heterocycles. The number of aromatic nitrogens is 5. The van der Waals surface area contributed by atoms with Crippen LogP contribution in [0.3, 0.4) is 0 Å². The maximum atomic E-state index is 13.4. The largest absolute Gasteiger partial charge is 0.324 e. The molecule has 0 aliphatic carbocycles. The van der Waals surface area contributed by atoms with Gasteiger partial charge in [0.2, 0.25) is 5.95 Å². The van der Waals surface area contributed by atoms with Gasteiger partial charge < -0.3 is 5.32 Å². The van der Waals surface area contributed by atoms with Crippen molar-refractivity contribution in [1.29, 1.82) is 0 Å². The summed E-state index contributed by atoms with van der Waals surface area (Å²) in [5.41, 5.74) is 5.30. The summed E-state index contributed by atoms with van der Waals surface area (Å²) in [6.45, 7) is 19.2. The molecule has 2 N–H and O–H groups in total. The second kappa shape index (κ2) is 8.25. The van der Waals surface area contributed by atoms with E-state index in [2.05, 4.69) is 87.3 Å². The molecular weight excluding hydrogens is 462 g/mol. The van der Waals surface area contributed by atoms with Crippen LogP contribution in [0.5, 0.6) is 0 Å². The maximum absolute atomic E-state index is 13.4. The Morgan fingerprint density at radius 3 is 2.35 bits per heavy atom. The zero-order valence-corrected chi connectivity index (χ0v) is 23.3. The molecule has 1 aromatic carbocycles. The Labute approximate surface area is 218 Å². The fourth-order valence-electron chi connectivity index (χ4n) is 5.46. The van der Waals surface area contributed by atoms with Gasteiger partial charge in [0.15, 0.2) is 5.65 Å². The number of nitrogens with zero attached hydrogens (tertiary/aromatic N) is 5. The SMILES string of the molecule is CC(C)n1c(=O)c2cnc(Nc3ccc4c(c3)C(C)(C)NC4(C)C)nc2n1-c1ccnc(C(C)(C)C)c1. The first-order valence-electron chi connectivity index (χ1n) is 12.9. The first kappa shape index (κ1) is 25.1. The number of pyridine rings is 1. The first-order chi connectivity index (χ1) is 17.2. The molecule has 5 rings (SSSR count). The van der Waals surface area contributed by atoms with E-state index in [-0.39, 0.29) is 28.1 Å². The third-order valence-electron chi connectivity index (χ3n) is 7.12. The van der Waals surface area contributed by atoms with Gasteiger partial charge in [-0.15, -0.1) is 0 Å². The van der Waals surface area contributed by atoms with Gasteiger partial charge >= 0.3 is 0 Å². The van der Waals surface area contributed by atoms with Crippen LogP contribution in [0.4, 0.5) is 11.6 Å². The van der Waals surface area contributed by atoms with Crippen molar-refractivity contribution in [3.63, 3.8) is 0 Å². The number of hydrogen-bond acceptors (Lipinski definition) is 6. The highest BCUT2D eigenvalue weighted by Crippen LogP contribution is 2.42. The smallest absolute Gasteiger partial charge is 0.278 e. The number of nitrogens with one attached hydrogen (secondary N) is 2. The number of hydrogen-bond donors (Lipinski definition) is 2. The predicted molar refractivity (Wildman–Crippen MR) is 149 cm³/mol. The molecule has 1 aliphatic rings. The van der Waals surface area contributed by atoms with E-state index in [9.17, 15) is 4.79 Å². The van der Waals surface area contributed by atoms with E-state index in [1.54, 1.807) is 17.1 Å². The Hall–Kier alpha value is -3.52. The summed E-state index contributed by atoms with van der Waals surface area (Å²) in [6, 6.07) is 10.3. The molecule has 0 amide bonds. The van der Waals surface area contributed by atoms with Crippen LogP contribution in [0.2, 0.25) is 0 Å². The lowest BCUT2D eigenvalue weighted by atomic mass is 9.90. The van der Waals surface area contributed by atoms with Crippen molar-refractivity contribution >= 4 is 22.7 Å². The molecule has 0 saturated carbocycles. The van der Waals surface area contributed by atoms with Crippen LogP contribution >= 0.6 is 0 Å². The summed E-state index contributed by atoms with van der Waals surface area (Å²) in [5, 5.41) is 7.56. The van der Waals surface area contributed by atoms with Crippen molar-refractivity contribution in [2.75, 3.05) is 5.32 Å². The number of anilines is 2. The third kappa shape index (κ3) is 4.23. The fourth-order valence-corrected chi connectivity index (χ4v) is 5.46. The van der Waals surface area contributed by atoms with Gasteiger partial charge in [-0.1, -0.05) is 26.8 Å². The Bertz CT molecular complexity index is 1570. The second-order valence-electron chi connectivity index (χ2n) is 12.4. The average Bonchev–Trinajstić information content (AvgIpc) is 3.19. The van der Waals surface area contributed by atoms with E-state index in [0.717, 1.165) is 17.1 Å². The molecule has 0 radical (unpaired) electrons. The van der Waals surface area contributed by atoms with Gasteiger partial charge in [0, 0.05) is 46.3 Å². The normalized spacial score (nSPS) is 16.4. The molecule has 1 aliphatic heterocycles. The monoisotopic (exact) mass is 499 g/mol. The summed E-state index contributed by atoms with van der Waals surface area (Å²) < 4.78 is 3.63. The molecule has 8 heteroatoms. The van der Waals surface area contributed by atoms with Gasteiger partial charge in [-0.3, -0.25) is 15.1 Å². The highest BCUT2D eigenvalue weighted by Gasteiger charge is 2.41. The lowest BCUT2D eigenvalue weighted by Crippen LogP contribution is -2.39. The minimum absolute atomic E-state index is 0.0702. The Morgan fingerprint density at radius 1 is 0.973 bits per heavy atom.